The summed E-state index contributed by atoms with van der Waals surface area (Å²) in [5.74, 6) is -8.84. The summed E-state index contributed by atoms with van der Waals surface area (Å²) in [6, 6.07) is 11.9. The van der Waals surface area contributed by atoms with E-state index in [0.29, 0.717) is 38.1 Å². The van der Waals surface area contributed by atoms with Gasteiger partial charge in [0.1, 0.15) is 18.2 Å². The maximum atomic E-state index is 14.2. The quantitative estimate of drug-likeness (QED) is 0.0389. The Morgan fingerprint density at radius 3 is 1.52 bits per heavy atom. The van der Waals surface area contributed by atoms with E-state index >= 15 is 0 Å². The number of hydrogen-bond acceptors (Lipinski definition) is 10. The molecule has 0 saturated carbocycles. The molecule has 18 heteroatoms. The van der Waals surface area contributed by atoms with E-state index in [2.05, 4.69) is 10.2 Å². The summed E-state index contributed by atoms with van der Waals surface area (Å²) < 4.78 is 96.8. The van der Waals surface area contributed by atoms with E-state index in [9.17, 15) is 40.7 Å². The topological polar surface area (TPSA) is 144 Å². The normalized spacial score (nSPS) is 14.7. The summed E-state index contributed by atoms with van der Waals surface area (Å²) in [5, 5.41) is 11.6. The molecule has 0 aromatic heterocycles. The number of likely N-dealkylation sites (tertiary alicyclic amines) is 1. The van der Waals surface area contributed by atoms with E-state index < -0.39 is 64.8 Å². The van der Waals surface area contributed by atoms with Gasteiger partial charge in [-0.15, -0.1) is 0 Å². The van der Waals surface area contributed by atoms with Crippen molar-refractivity contribution < 1.29 is 99.4 Å². The number of hydrogen-bond donors (Lipinski definition) is 1. The van der Waals surface area contributed by atoms with Crippen LogP contribution in [0.15, 0.2) is 54.6 Å². The van der Waals surface area contributed by atoms with Crippen molar-refractivity contribution in [2.24, 2.45) is 23.7 Å². The number of piperidine rings is 2. The van der Waals surface area contributed by atoms with Gasteiger partial charge in [-0.25, -0.2) is 31.1 Å². The molecule has 61 heavy (non-hydrogen) atoms. The van der Waals surface area contributed by atoms with Gasteiger partial charge in [0.05, 0.1) is 25.0 Å². The van der Waals surface area contributed by atoms with E-state index in [1.54, 1.807) is 18.7 Å². The molecule has 332 valence electrons. The molecule has 1 N–H and O–H groups in total. The Morgan fingerprint density at radius 2 is 1.11 bits per heavy atom. The zero-order valence-corrected chi connectivity index (χ0v) is 37.2. The minimum Gasteiger partial charge on any atom is -0.662 e. The number of rotatable bonds is 13. The summed E-state index contributed by atoms with van der Waals surface area (Å²) in [5.41, 5.74) is 0.814. The molecule has 2 heterocycles. The van der Waals surface area contributed by atoms with Crippen LogP contribution in [0, 0.1) is 58.6 Å². The zero-order valence-electron chi connectivity index (χ0n) is 35.2. The summed E-state index contributed by atoms with van der Waals surface area (Å²) in [6.07, 6.45) is 1.98. The minimum atomic E-state index is -1.28. The van der Waals surface area contributed by atoms with Crippen molar-refractivity contribution in [1.29, 1.82) is 0 Å². The largest absolute Gasteiger partial charge is 1.00 e. The molecular formula is C43H53F6N2NaO9. The Labute approximate surface area is 374 Å². The second-order valence-electron chi connectivity index (χ2n) is 13.5. The van der Waals surface area contributed by atoms with Crippen molar-refractivity contribution in [3.8, 4) is 0 Å². The third kappa shape index (κ3) is 18.4. The molecule has 2 unspecified atom stereocenters. The summed E-state index contributed by atoms with van der Waals surface area (Å²) in [6.45, 7) is 10.0. The predicted octanol–water partition coefficient (Wildman–Crippen LogP) is 4.16. The van der Waals surface area contributed by atoms with Crippen molar-refractivity contribution in [3.63, 3.8) is 0 Å². The van der Waals surface area contributed by atoms with Crippen LogP contribution in [-0.4, -0.2) is 68.8 Å². The molecule has 0 aliphatic carbocycles. The number of nitrogens with one attached hydrogen (secondary N) is 1. The van der Waals surface area contributed by atoms with Gasteiger partial charge in [0.25, 0.3) is 6.47 Å². The van der Waals surface area contributed by atoms with E-state index in [1.807, 2.05) is 44.2 Å². The molecule has 2 aliphatic rings. The molecule has 0 bridgehead atoms. The zero-order chi connectivity index (χ0) is 44.6. The van der Waals surface area contributed by atoms with Crippen molar-refractivity contribution in [3.05, 3.63) is 106 Å². The average molecular weight is 879 g/mol. The maximum Gasteiger partial charge on any atom is 1.00 e. The van der Waals surface area contributed by atoms with Crippen molar-refractivity contribution in [2.75, 3.05) is 39.4 Å². The van der Waals surface area contributed by atoms with E-state index in [0.717, 1.165) is 43.6 Å². The van der Waals surface area contributed by atoms with Crippen LogP contribution in [0.1, 0.15) is 70.1 Å². The minimum absolute atomic E-state index is 0. The third-order valence-electron chi connectivity index (χ3n) is 9.80. The maximum absolute atomic E-state index is 14.2. The first-order valence-electron chi connectivity index (χ1n) is 19.8. The SMILES string of the molecule is CC.CCOC(=O)C(Cc1cc(F)c(F)cc1F)C1CCN(C(=O)OCc2ccccc2)CC1.CCOC(=O)C(Cc1cc(F)c(F)cc1F)C1CCNCC1.O=CO[O-].[Na+]. The summed E-state index contributed by atoms with van der Waals surface area (Å²) >= 11 is 0. The van der Waals surface area contributed by atoms with Crippen LogP contribution in [0.5, 0.6) is 0 Å². The fourth-order valence-electron chi connectivity index (χ4n) is 6.84. The molecule has 3 aromatic carbocycles. The van der Waals surface area contributed by atoms with Crippen LogP contribution in [0.3, 0.4) is 0 Å². The van der Waals surface area contributed by atoms with Crippen LogP contribution >= 0.6 is 0 Å². The molecule has 2 saturated heterocycles. The fraction of sp³-hybridized carbons (Fsp3) is 0.488. The van der Waals surface area contributed by atoms with Crippen LogP contribution in [0.4, 0.5) is 31.1 Å². The number of ether oxygens (including phenoxy) is 3. The molecule has 2 aliphatic heterocycles. The van der Waals surface area contributed by atoms with Gasteiger partial charge in [-0.05, 0) is 106 Å². The molecule has 3 aromatic rings. The first-order chi connectivity index (χ1) is 28.8. The molecule has 2 fully saturated rings. The Balaban J connectivity index is 0.000000559. The van der Waals surface area contributed by atoms with Gasteiger partial charge >= 0.3 is 47.6 Å². The fourth-order valence-corrected chi connectivity index (χ4v) is 6.84. The van der Waals surface area contributed by atoms with Gasteiger partial charge in [0.15, 0.2) is 23.3 Å². The first-order valence-corrected chi connectivity index (χ1v) is 19.8. The van der Waals surface area contributed by atoms with E-state index in [1.165, 1.54) is 0 Å². The van der Waals surface area contributed by atoms with Crippen molar-refractivity contribution in [1.82, 2.24) is 10.2 Å². The van der Waals surface area contributed by atoms with E-state index in [-0.39, 0.29) is 91.7 Å². The smallest absolute Gasteiger partial charge is 0.662 e. The predicted molar refractivity (Wildman–Crippen MR) is 205 cm³/mol. The molecular weight excluding hydrogens is 825 g/mol. The summed E-state index contributed by atoms with van der Waals surface area (Å²) in [7, 11) is 0. The third-order valence-corrected chi connectivity index (χ3v) is 9.80. The van der Waals surface area contributed by atoms with Gasteiger partial charge in [-0.1, -0.05) is 44.2 Å². The molecule has 1 amide bonds. The molecule has 11 nitrogen and oxygen atoms in total. The second kappa shape index (κ2) is 30.0. The Bertz CT molecular complexity index is 1780. The second-order valence-corrected chi connectivity index (χ2v) is 13.5. The number of nitrogens with zero attached hydrogens (tertiary/aromatic N) is 1. The number of carbonyl (C=O) groups is 4. The number of halogens is 6. The molecule has 0 spiro atoms. The van der Waals surface area contributed by atoms with Crippen LogP contribution in [0.2, 0.25) is 0 Å². The first kappa shape index (κ1) is 54.9. The van der Waals surface area contributed by atoms with E-state index in [4.69, 9.17) is 24.3 Å². The Kier molecular flexibility index (Phi) is 27.0. The van der Waals surface area contributed by atoms with Gasteiger partial charge in [-0.2, -0.15) is 0 Å². The molecule has 2 atom stereocenters. The van der Waals surface area contributed by atoms with Crippen LogP contribution < -0.4 is 40.1 Å². The van der Waals surface area contributed by atoms with Gasteiger partial charge in [0, 0.05) is 25.2 Å². The number of esters is 2. The number of carbonyl (C=O) groups excluding carboxylic acids is 4. The molecule has 0 radical (unpaired) electrons. The summed E-state index contributed by atoms with van der Waals surface area (Å²) in [4.78, 5) is 49.9. The van der Waals surface area contributed by atoms with Crippen LogP contribution in [-0.2, 0) is 52.9 Å². The van der Waals surface area contributed by atoms with Gasteiger partial charge in [-0.3, -0.25) is 14.4 Å². The average Bonchev–Trinajstić information content (AvgIpc) is 3.26. The van der Waals surface area contributed by atoms with Crippen molar-refractivity contribution >= 4 is 24.5 Å². The number of benzene rings is 3. The van der Waals surface area contributed by atoms with Crippen LogP contribution in [0.25, 0.3) is 0 Å². The number of amides is 1. The van der Waals surface area contributed by atoms with Gasteiger partial charge in [0.2, 0.25) is 0 Å². The standard InChI is InChI=1S/C24H26F3NO4.C16H20F3NO2.C2H6.CH2O3.Na/c1-2-31-23(29)19(12-18-13-21(26)22(27)14-20(18)25)17-8-10-28(11-9-17)24(30)32-15-16-6-4-3-5-7-16;1-2-22-16(21)12(10-3-5-20-6-4-10)7-11-8-14(18)15(19)9-13(11)17;1-2;2-1-4-3;/h3-7,13-14,17,19H,2,8-12,15H2,1H3;8-10,12,20H,2-7H2,1H3;1-2H3;1,3H;/q;;;;+1/p-1. The van der Waals surface area contributed by atoms with Crippen molar-refractivity contribution in [2.45, 2.75) is 72.8 Å². The Morgan fingerprint density at radius 1 is 0.705 bits per heavy atom. The van der Waals surface area contributed by atoms with Gasteiger partial charge < -0.3 is 34.6 Å². The monoisotopic (exact) mass is 878 g/mol. The molecule has 5 rings (SSSR count). The Hall–Kier alpha value is -4.16.